The van der Waals surface area contributed by atoms with Gasteiger partial charge >= 0.3 is 0 Å². The molecule has 0 aromatic carbocycles. The normalized spacial score (nSPS) is 10.3. The van der Waals surface area contributed by atoms with E-state index in [1.165, 1.54) is 12.6 Å². The second-order valence-electron chi connectivity index (χ2n) is 2.38. The van der Waals surface area contributed by atoms with Crippen LogP contribution >= 0.6 is 0 Å². The molecule has 0 aliphatic carbocycles. The molecule has 1 heterocycles. The molecule has 0 saturated carbocycles. The maximum absolute atomic E-state index is 4.99. The van der Waals surface area contributed by atoms with Gasteiger partial charge in [-0.25, -0.2) is 0 Å². The fourth-order valence-electron chi connectivity index (χ4n) is 0.574. The van der Waals surface area contributed by atoms with Crippen LogP contribution in [0.5, 0.6) is 0 Å². The molecule has 0 atom stereocenters. The Morgan fingerprint density at radius 3 is 2.69 bits per heavy atom. The van der Waals surface area contributed by atoms with Crippen molar-refractivity contribution in [3.05, 3.63) is 30.2 Å². The van der Waals surface area contributed by atoms with Crippen molar-refractivity contribution < 1.29 is 4.42 Å². The highest BCUT2D eigenvalue weighted by Crippen LogP contribution is 2.00. The minimum Gasteiger partial charge on any atom is -0.465 e. The zero-order valence-electron chi connectivity index (χ0n) is 8.10. The van der Waals surface area contributed by atoms with Crippen molar-refractivity contribution in [3.8, 4) is 0 Å². The first kappa shape index (κ1) is 11.5. The van der Waals surface area contributed by atoms with Gasteiger partial charge in [-0.1, -0.05) is 20.3 Å². The van der Waals surface area contributed by atoms with E-state index in [-0.39, 0.29) is 0 Å². The smallest absolute Gasteiger partial charge is 0.126 e. The summed E-state index contributed by atoms with van der Waals surface area (Å²) in [6, 6.07) is 3.67. The van der Waals surface area contributed by atoms with E-state index >= 15 is 0 Å². The maximum atomic E-state index is 4.99. The lowest BCUT2D eigenvalue weighted by Crippen LogP contribution is -1.77. The summed E-state index contributed by atoms with van der Waals surface area (Å²) in [5, 5.41) is 3.28. The Bertz CT molecular complexity index is 237. The average Bonchev–Trinajstić information content (AvgIpc) is 2.59. The number of hydrazone groups is 1. The Morgan fingerprint density at radius 2 is 2.23 bits per heavy atom. The van der Waals surface area contributed by atoms with Crippen LogP contribution in [-0.4, -0.2) is 6.21 Å². The van der Waals surface area contributed by atoms with Crippen LogP contribution < -0.4 is 5.84 Å². The Morgan fingerprint density at radius 1 is 1.54 bits per heavy atom. The monoisotopic (exact) mass is 180 g/mol. The van der Waals surface area contributed by atoms with Gasteiger partial charge in [0.25, 0.3) is 0 Å². The van der Waals surface area contributed by atoms with Crippen LogP contribution in [0.1, 0.15) is 26.0 Å². The van der Waals surface area contributed by atoms with Crippen molar-refractivity contribution >= 4 is 12.3 Å². The summed E-state index contributed by atoms with van der Waals surface area (Å²) in [5.74, 6) is 5.65. The molecule has 0 spiro atoms. The highest BCUT2D eigenvalue weighted by atomic mass is 16.3. The standard InChI is InChI=1S/C7H8N2O.C3H8/c8-9-5-1-3-7-4-2-6-10-7;1-3-2/h1-6H,8H2;3H2,1-2H3/b3-1+,9-5-;. The Hall–Kier alpha value is -1.51. The summed E-state index contributed by atoms with van der Waals surface area (Å²) in [6.07, 6.45) is 7.83. The van der Waals surface area contributed by atoms with Crippen LogP contribution in [0.3, 0.4) is 0 Å². The molecule has 0 bridgehead atoms. The molecular weight excluding hydrogens is 164 g/mol. The minimum absolute atomic E-state index is 0.792. The summed E-state index contributed by atoms with van der Waals surface area (Å²) in [7, 11) is 0. The SMILES string of the molecule is CCC.N/N=C\C=C\c1ccco1. The molecule has 3 nitrogen and oxygen atoms in total. The van der Waals surface area contributed by atoms with Crippen LogP contribution in [-0.2, 0) is 0 Å². The van der Waals surface area contributed by atoms with Gasteiger partial charge in [-0.05, 0) is 24.3 Å². The number of nitrogens with two attached hydrogens (primary N) is 1. The van der Waals surface area contributed by atoms with E-state index in [4.69, 9.17) is 10.3 Å². The molecule has 72 valence electrons. The van der Waals surface area contributed by atoms with Crippen molar-refractivity contribution in [1.82, 2.24) is 0 Å². The largest absolute Gasteiger partial charge is 0.465 e. The first-order valence-electron chi connectivity index (χ1n) is 4.28. The second-order valence-corrected chi connectivity index (χ2v) is 2.38. The van der Waals surface area contributed by atoms with Crippen molar-refractivity contribution in [3.63, 3.8) is 0 Å². The van der Waals surface area contributed by atoms with Crippen LogP contribution in [0.2, 0.25) is 0 Å². The molecule has 0 unspecified atom stereocenters. The van der Waals surface area contributed by atoms with E-state index in [2.05, 4.69) is 18.9 Å². The van der Waals surface area contributed by atoms with Gasteiger partial charge in [0.1, 0.15) is 5.76 Å². The van der Waals surface area contributed by atoms with Crippen LogP contribution in [0.4, 0.5) is 0 Å². The summed E-state index contributed by atoms with van der Waals surface area (Å²) in [5.41, 5.74) is 0. The first-order valence-corrected chi connectivity index (χ1v) is 4.28. The van der Waals surface area contributed by atoms with Gasteiger partial charge in [-0.3, -0.25) is 0 Å². The lowest BCUT2D eigenvalue weighted by atomic mass is 10.4. The molecule has 0 aliphatic rings. The highest BCUT2D eigenvalue weighted by Gasteiger charge is 1.83. The predicted molar refractivity (Wildman–Crippen MR) is 56.4 cm³/mol. The first-order chi connectivity index (χ1) is 6.35. The Kier molecular flexibility index (Phi) is 7.59. The number of nitrogens with zero attached hydrogens (tertiary/aromatic N) is 1. The number of allylic oxidation sites excluding steroid dienone is 1. The van der Waals surface area contributed by atoms with Gasteiger partial charge in [-0.15, -0.1) is 0 Å². The molecule has 1 rings (SSSR count). The van der Waals surface area contributed by atoms with E-state index in [0.717, 1.165) is 5.76 Å². The number of furan rings is 1. The number of rotatable bonds is 2. The van der Waals surface area contributed by atoms with E-state index in [1.807, 2.05) is 12.1 Å². The lowest BCUT2D eigenvalue weighted by Gasteiger charge is -1.77. The fourth-order valence-corrected chi connectivity index (χ4v) is 0.574. The summed E-state index contributed by atoms with van der Waals surface area (Å²) in [4.78, 5) is 0. The fraction of sp³-hybridized carbons (Fsp3) is 0.300. The molecule has 0 aliphatic heterocycles. The number of hydrogen-bond donors (Lipinski definition) is 1. The van der Waals surface area contributed by atoms with Crippen LogP contribution in [0.25, 0.3) is 6.08 Å². The van der Waals surface area contributed by atoms with Gasteiger partial charge in [-0.2, -0.15) is 5.10 Å². The van der Waals surface area contributed by atoms with E-state index < -0.39 is 0 Å². The average molecular weight is 180 g/mol. The van der Waals surface area contributed by atoms with Gasteiger partial charge in [0.05, 0.1) is 6.26 Å². The van der Waals surface area contributed by atoms with E-state index in [9.17, 15) is 0 Å². The Balaban J connectivity index is 0.000000424. The molecule has 2 N–H and O–H groups in total. The maximum Gasteiger partial charge on any atom is 0.126 e. The lowest BCUT2D eigenvalue weighted by molar-refractivity contribution is 0.557. The zero-order chi connectivity index (χ0) is 9.94. The third-order valence-corrected chi connectivity index (χ3v) is 0.976. The third-order valence-electron chi connectivity index (χ3n) is 0.976. The molecular formula is C10H16N2O. The van der Waals surface area contributed by atoms with Crippen molar-refractivity contribution in [2.75, 3.05) is 0 Å². The summed E-state index contributed by atoms with van der Waals surface area (Å²) >= 11 is 0. The van der Waals surface area contributed by atoms with Gasteiger partial charge in [0.2, 0.25) is 0 Å². The summed E-state index contributed by atoms with van der Waals surface area (Å²) in [6.45, 7) is 4.25. The van der Waals surface area contributed by atoms with Crippen molar-refractivity contribution in [2.24, 2.45) is 10.9 Å². The predicted octanol–water partition coefficient (Wildman–Crippen LogP) is 2.65. The molecule has 3 heteroatoms. The van der Waals surface area contributed by atoms with Crippen LogP contribution in [0, 0.1) is 0 Å². The second kappa shape index (κ2) is 8.59. The van der Waals surface area contributed by atoms with E-state index in [0.29, 0.717) is 0 Å². The van der Waals surface area contributed by atoms with E-state index in [1.54, 1.807) is 18.4 Å². The molecule has 1 aromatic rings. The molecule has 13 heavy (non-hydrogen) atoms. The highest BCUT2D eigenvalue weighted by molar-refractivity contribution is 5.77. The molecule has 0 radical (unpaired) electrons. The molecule has 0 fully saturated rings. The van der Waals surface area contributed by atoms with Crippen LogP contribution in [0.15, 0.2) is 34.0 Å². The molecule has 0 saturated heterocycles. The van der Waals surface area contributed by atoms with Gasteiger partial charge in [0.15, 0.2) is 0 Å². The number of hydrogen-bond acceptors (Lipinski definition) is 3. The topological polar surface area (TPSA) is 51.5 Å². The van der Waals surface area contributed by atoms with Crippen molar-refractivity contribution in [2.45, 2.75) is 20.3 Å². The third kappa shape index (κ3) is 6.87. The van der Waals surface area contributed by atoms with Gasteiger partial charge < -0.3 is 10.3 Å². The minimum atomic E-state index is 0.792. The quantitative estimate of drug-likeness (QED) is 0.432. The molecule has 0 amide bonds. The zero-order valence-corrected chi connectivity index (χ0v) is 8.10. The Labute approximate surface area is 78.9 Å². The summed E-state index contributed by atoms with van der Waals surface area (Å²) < 4.78 is 4.99. The van der Waals surface area contributed by atoms with Crippen molar-refractivity contribution in [1.29, 1.82) is 0 Å². The molecule has 1 aromatic heterocycles. The van der Waals surface area contributed by atoms with Gasteiger partial charge in [0, 0.05) is 6.21 Å².